The van der Waals surface area contributed by atoms with Gasteiger partial charge in [0.25, 0.3) is 0 Å². The smallest absolute Gasteiger partial charge is 0.416 e. The highest BCUT2D eigenvalue weighted by Crippen LogP contribution is 2.37. The van der Waals surface area contributed by atoms with E-state index in [0.29, 0.717) is 42.1 Å². The van der Waals surface area contributed by atoms with E-state index in [4.69, 9.17) is 9.47 Å². The van der Waals surface area contributed by atoms with Crippen molar-refractivity contribution in [1.29, 1.82) is 0 Å². The molecule has 0 saturated carbocycles. The third-order valence-corrected chi connectivity index (χ3v) is 6.03. The zero-order valence-electron chi connectivity index (χ0n) is 18.8. The average Bonchev–Trinajstić information content (AvgIpc) is 3.50. The number of hydrogen-bond donors (Lipinski definition) is 0. The summed E-state index contributed by atoms with van der Waals surface area (Å²) < 4.78 is 64.8. The molecule has 182 valence electrons. The summed E-state index contributed by atoms with van der Waals surface area (Å²) in [7, 11) is 2.87. The van der Waals surface area contributed by atoms with Crippen LogP contribution in [-0.2, 0) is 6.18 Å². The minimum Gasteiger partial charge on any atom is -0.480 e. The summed E-state index contributed by atoms with van der Waals surface area (Å²) in [6, 6.07) is 7.09. The Labute approximate surface area is 197 Å². The zero-order chi connectivity index (χ0) is 24.7. The fraction of sp³-hybridized carbons (Fsp3) is 0.304. The van der Waals surface area contributed by atoms with Crippen molar-refractivity contribution in [3.63, 3.8) is 0 Å². The summed E-state index contributed by atoms with van der Waals surface area (Å²) in [5.41, 5.74) is 1.88. The van der Waals surface area contributed by atoms with Crippen LogP contribution in [0.4, 0.5) is 23.2 Å². The molecule has 0 amide bonds. The Kier molecular flexibility index (Phi) is 5.65. The summed E-state index contributed by atoms with van der Waals surface area (Å²) in [5.74, 6) is -0.429. The molecule has 4 aromatic rings. The van der Waals surface area contributed by atoms with Crippen LogP contribution in [0, 0.1) is 5.95 Å². The molecule has 0 spiro atoms. The van der Waals surface area contributed by atoms with E-state index >= 15 is 0 Å². The molecule has 0 bridgehead atoms. The van der Waals surface area contributed by atoms with E-state index in [1.807, 2.05) is 4.90 Å². The molecule has 1 aliphatic rings. The zero-order valence-corrected chi connectivity index (χ0v) is 18.8. The number of imidazole rings is 1. The average molecular weight is 488 g/mol. The molecule has 0 N–H and O–H groups in total. The highest BCUT2D eigenvalue weighted by atomic mass is 19.4. The molecule has 8 nitrogen and oxygen atoms in total. The number of anilines is 1. The fourth-order valence-electron chi connectivity index (χ4n) is 4.27. The molecular weight excluding hydrogens is 468 g/mol. The maximum absolute atomic E-state index is 14.5. The Balaban J connectivity index is 1.50. The van der Waals surface area contributed by atoms with Crippen LogP contribution >= 0.6 is 0 Å². The lowest BCUT2D eigenvalue weighted by molar-refractivity contribution is -0.137. The summed E-state index contributed by atoms with van der Waals surface area (Å²) in [5, 5.41) is 4.36. The third-order valence-electron chi connectivity index (χ3n) is 6.03. The summed E-state index contributed by atoms with van der Waals surface area (Å²) in [6.45, 7) is 1.13. The highest BCUT2D eigenvalue weighted by molar-refractivity contribution is 5.76. The maximum atomic E-state index is 14.5. The van der Waals surface area contributed by atoms with Crippen molar-refractivity contribution < 1.29 is 27.0 Å². The number of alkyl halides is 3. The minimum atomic E-state index is -4.38. The van der Waals surface area contributed by atoms with E-state index in [9.17, 15) is 17.6 Å². The van der Waals surface area contributed by atoms with Crippen LogP contribution in [0.3, 0.4) is 0 Å². The van der Waals surface area contributed by atoms with Gasteiger partial charge in [0.1, 0.15) is 5.69 Å². The molecular formula is C23H20F4N6O2. The van der Waals surface area contributed by atoms with Crippen molar-refractivity contribution in [2.75, 3.05) is 32.2 Å². The van der Waals surface area contributed by atoms with Crippen molar-refractivity contribution in [2.45, 2.75) is 18.5 Å². The van der Waals surface area contributed by atoms with Crippen LogP contribution in [0.1, 0.15) is 23.5 Å². The van der Waals surface area contributed by atoms with Crippen LogP contribution < -0.4 is 14.4 Å². The second-order valence-corrected chi connectivity index (χ2v) is 8.06. The van der Waals surface area contributed by atoms with Crippen molar-refractivity contribution in [1.82, 2.24) is 24.6 Å². The molecule has 1 atom stereocenters. The van der Waals surface area contributed by atoms with Gasteiger partial charge in [0, 0.05) is 25.2 Å². The van der Waals surface area contributed by atoms with Crippen LogP contribution in [0.25, 0.3) is 16.9 Å². The standard InChI is InChI=1S/C23H20F4N6O2/c1-34-21-16(10-29-22(30-21)35-2)17-9-18(20-28-11-19(24)33(20)31-17)32-8-7-14(12-32)13-3-5-15(6-4-13)23(25,26)27/h3-6,9-11,14H,7-8,12H2,1-2H3. The SMILES string of the molecule is COc1ncc(-c2cc(N3CCC(c4ccc(C(F)(F)F)cc4)C3)c3ncc(F)n3n2)c(OC)n1. The molecule has 4 heterocycles. The second-order valence-electron chi connectivity index (χ2n) is 8.06. The number of benzene rings is 1. The van der Waals surface area contributed by atoms with Crippen molar-refractivity contribution >= 4 is 11.3 Å². The molecule has 35 heavy (non-hydrogen) atoms. The van der Waals surface area contributed by atoms with Gasteiger partial charge in [-0.2, -0.15) is 32.2 Å². The molecule has 1 aliphatic heterocycles. The number of rotatable bonds is 5. The summed E-state index contributed by atoms with van der Waals surface area (Å²) in [4.78, 5) is 14.5. The largest absolute Gasteiger partial charge is 0.480 e. The molecule has 1 unspecified atom stereocenters. The number of ether oxygens (including phenoxy) is 2. The molecule has 1 fully saturated rings. The molecule has 5 rings (SSSR count). The fourth-order valence-corrected chi connectivity index (χ4v) is 4.27. The Morgan fingerprint density at radius 2 is 1.80 bits per heavy atom. The van der Waals surface area contributed by atoms with Crippen molar-refractivity contribution in [3.8, 4) is 23.1 Å². The van der Waals surface area contributed by atoms with Gasteiger partial charge in [0.2, 0.25) is 11.8 Å². The number of aromatic nitrogens is 5. The van der Waals surface area contributed by atoms with Crippen LogP contribution in [0.15, 0.2) is 42.7 Å². The predicted octanol–water partition coefficient (Wildman–Crippen LogP) is 4.36. The van der Waals surface area contributed by atoms with Gasteiger partial charge in [-0.05, 0) is 30.2 Å². The van der Waals surface area contributed by atoms with E-state index in [0.717, 1.165) is 28.4 Å². The molecule has 1 saturated heterocycles. The summed E-state index contributed by atoms with van der Waals surface area (Å²) in [6.07, 6.45) is -1.10. The van der Waals surface area contributed by atoms with Gasteiger partial charge in [-0.25, -0.2) is 9.97 Å². The first-order valence-electron chi connectivity index (χ1n) is 10.7. The number of methoxy groups -OCH3 is 2. The first-order valence-corrected chi connectivity index (χ1v) is 10.7. The minimum absolute atomic E-state index is 0.00705. The van der Waals surface area contributed by atoms with Crippen LogP contribution in [0.5, 0.6) is 11.9 Å². The number of fused-ring (bicyclic) bond motifs is 1. The quantitative estimate of drug-likeness (QED) is 0.387. The Morgan fingerprint density at radius 1 is 1.03 bits per heavy atom. The van der Waals surface area contributed by atoms with E-state index in [1.165, 1.54) is 32.5 Å². The first-order chi connectivity index (χ1) is 16.8. The second kappa shape index (κ2) is 8.67. The first kappa shape index (κ1) is 22.8. The third kappa shape index (κ3) is 4.19. The number of halogens is 4. The van der Waals surface area contributed by atoms with E-state index in [-0.39, 0.29) is 17.8 Å². The van der Waals surface area contributed by atoms with Gasteiger partial charge >= 0.3 is 12.2 Å². The van der Waals surface area contributed by atoms with Crippen molar-refractivity contribution in [2.24, 2.45) is 0 Å². The van der Waals surface area contributed by atoms with Gasteiger partial charge in [-0.3, -0.25) is 0 Å². The Morgan fingerprint density at radius 3 is 2.49 bits per heavy atom. The van der Waals surface area contributed by atoms with E-state index in [1.54, 1.807) is 6.07 Å². The number of hydrogen-bond acceptors (Lipinski definition) is 7. The molecule has 0 radical (unpaired) electrons. The van der Waals surface area contributed by atoms with Gasteiger partial charge < -0.3 is 14.4 Å². The molecule has 12 heteroatoms. The molecule has 1 aromatic carbocycles. The van der Waals surface area contributed by atoms with E-state index < -0.39 is 17.7 Å². The Hall–Kier alpha value is -3.96. The monoisotopic (exact) mass is 488 g/mol. The van der Waals surface area contributed by atoms with Crippen LogP contribution in [-0.4, -0.2) is 51.9 Å². The van der Waals surface area contributed by atoms with Gasteiger partial charge in [-0.1, -0.05) is 12.1 Å². The maximum Gasteiger partial charge on any atom is 0.416 e. The molecule has 3 aromatic heterocycles. The lowest BCUT2D eigenvalue weighted by Crippen LogP contribution is -2.21. The van der Waals surface area contributed by atoms with Crippen LogP contribution in [0.2, 0.25) is 0 Å². The Bertz CT molecular complexity index is 1370. The van der Waals surface area contributed by atoms with Gasteiger partial charge in [-0.15, -0.1) is 0 Å². The van der Waals surface area contributed by atoms with Gasteiger partial charge in [0.05, 0.1) is 37.2 Å². The lowest BCUT2D eigenvalue weighted by atomic mass is 9.97. The topological polar surface area (TPSA) is 77.7 Å². The highest BCUT2D eigenvalue weighted by Gasteiger charge is 2.32. The van der Waals surface area contributed by atoms with Gasteiger partial charge in [0.15, 0.2) is 5.65 Å². The van der Waals surface area contributed by atoms with Crippen molar-refractivity contribution in [3.05, 3.63) is 59.8 Å². The summed E-state index contributed by atoms with van der Waals surface area (Å²) >= 11 is 0. The number of nitrogens with zero attached hydrogens (tertiary/aromatic N) is 6. The molecule has 0 aliphatic carbocycles. The lowest BCUT2D eigenvalue weighted by Gasteiger charge is -2.20. The predicted molar refractivity (Wildman–Crippen MR) is 118 cm³/mol. The normalized spacial score (nSPS) is 16.2. The van der Waals surface area contributed by atoms with E-state index in [2.05, 4.69) is 20.1 Å².